The van der Waals surface area contributed by atoms with Crippen molar-refractivity contribution in [2.45, 2.75) is 45.6 Å². The minimum atomic E-state index is -0.0646. The fourth-order valence-corrected chi connectivity index (χ4v) is 2.75. The monoisotopic (exact) mass is 243 g/mol. The molecule has 96 valence electrons. The Morgan fingerprint density at radius 3 is 2.72 bits per heavy atom. The summed E-state index contributed by atoms with van der Waals surface area (Å²) in [5.41, 5.74) is 2.34. The molecule has 1 aliphatic carbocycles. The first kappa shape index (κ1) is 12.9. The summed E-state index contributed by atoms with van der Waals surface area (Å²) in [5, 5.41) is 3.57. The highest BCUT2D eigenvalue weighted by atomic mass is 16.1. The molecule has 0 radical (unpaired) electrons. The van der Waals surface area contributed by atoms with E-state index in [0.29, 0.717) is 6.04 Å². The third-order valence-corrected chi connectivity index (χ3v) is 4.04. The van der Waals surface area contributed by atoms with Crippen LogP contribution < -0.4 is 5.32 Å². The molecule has 0 aromatic heterocycles. The molecule has 18 heavy (non-hydrogen) atoms. The maximum atomic E-state index is 10.7. The summed E-state index contributed by atoms with van der Waals surface area (Å²) in [5.74, 6) is 1.99. The van der Waals surface area contributed by atoms with Crippen molar-refractivity contribution in [3.63, 3.8) is 0 Å². The average Bonchev–Trinajstić information content (AvgIpc) is 2.35. The van der Waals surface area contributed by atoms with E-state index >= 15 is 0 Å². The van der Waals surface area contributed by atoms with E-state index in [2.05, 4.69) is 43.4 Å². The molecular formula is C16H21NO. The largest absolute Gasteiger partial charge is 0.381 e. The third kappa shape index (κ3) is 2.83. The van der Waals surface area contributed by atoms with Crippen LogP contribution >= 0.6 is 0 Å². The van der Waals surface area contributed by atoms with Gasteiger partial charge in [0.1, 0.15) is 5.94 Å². The van der Waals surface area contributed by atoms with Crippen molar-refractivity contribution >= 4 is 11.6 Å². The van der Waals surface area contributed by atoms with Gasteiger partial charge in [-0.05, 0) is 31.9 Å². The van der Waals surface area contributed by atoms with Gasteiger partial charge in [0.25, 0.3) is 0 Å². The molecule has 1 saturated carbocycles. The van der Waals surface area contributed by atoms with Gasteiger partial charge in [-0.15, -0.1) is 0 Å². The minimum Gasteiger partial charge on any atom is -0.381 e. The summed E-state index contributed by atoms with van der Waals surface area (Å²) in [6.07, 6.45) is 6.30. The topological polar surface area (TPSA) is 29.1 Å². The zero-order valence-corrected chi connectivity index (χ0v) is 11.2. The quantitative estimate of drug-likeness (QED) is 0.819. The number of carbonyl (C=O) groups excluding carboxylic acids is 1. The predicted octanol–water partition coefficient (Wildman–Crippen LogP) is 3.74. The molecule has 2 unspecified atom stereocenters. The fraction of sp³-hybridized carbons (Fsp3) is 0.500. The van der Waals surface area contributed by atoms with Crippen molar-refractivity contribution in [2.75, 3.05) is 5.32 Å². The SMILES string of the molecule is Cc1ccc(NC2CCCCC2(C)C=C=O)cc1. The highest BCUT2D eigenvalue weighted by Gasteiger charge is 2.34. The summed E-state index contributed by atoms with van der Waals surface area (Å²) in [6.45, 7) is 4.24. The summed E-state index contributed by atoms with van der Waals surface area (Å²) in [7, 11) is 0. The number of aryl methyl sites for hydroxylation is 1. The van der Waals surface area contributed by atoms with Gasteiger partial charge in [0.15, 0.2) is 0 Å². The Balaban J connectivity index is 2.15. The fourth-order valence-electron chi connectivity index (χ4n) is 2.75. The van der Waals surface area contributed by atoms with E-state index < -0.39 is 0 Å². The summed E-state index contributed by atoms with van der Waals surface area (Å²) >= 11 is 0. The Labute approximate surface area is 109 Å². The number of benzene rings is 1. The Kier molecular flexibility index (Phi) is 3.88. The van der Waals surface area contributed by atoms with Crippen molar-refractivity contribution in [3.8, 4) is 0 Å². The molecule has 0 aliphatic heterocycles. The van der Waals surface area contributed by atoms with Gasteiger partial charge in [-0.3, -0.25) is 0 Å². The van der Waals surface area contributed by atoms with Crippen LogP contribution in [0.2, 0.25) is 0 Å². The standard InChI is InChI=1S/C16H21NO/c1-13-6-8-14(9-7-13)17-15-5-3-4-10-16(15,2)11-12-18/h6-9,11,15,17H,3-5,10H2,1-2H3. The highest BCUT2D eigenvalue weighted by molar-refractivity contribution is 5.50. The summed E-state index contributed by atoms with van der Waals surface area (Å²) in [4.78, 5) is 10.7. The van der Waals surface area contributed by atoms with E-state index in [4.69, 9.17) is 0 Å². The lowest BCUT2D eigenvalue weighted by molar-refractivity contribution is 0.257. The second-order valence-electron chi connectivity index (χ2n) is 5.58. The Morgan fingerprint density at radius 1 is 1.33 bits per heavy atom. The summed E-state index contributed by atoms with van der Waals surface area (Å²) in [6, 6.07) is 8.76. The van der Waals surface area contributed by atoms with Crippen molar-refractivity contribution < 1.29 is 4.79 Å². The van der Waals surface area contributed by atoms with E-state index in [1.54, 1.807) is 6.08 Å². The van der Waals surface area contributed by atoms with Crippen LogP contribution in [0, 0.1) is 12.3 Å². The third-order valence-electron chi connectivity index (χ3n) is 4.04. The van der Waals surface area contributed by atoms with Gasteiger partial charge in [-0.25, -0.2) is 4.79 Å². The van der Waals surface area contributed by atoms with Crippen LogP contribution in [0.5, 0.6) is 0 Å². The van der Waals surface area contributed by atoms with Gasteiger partial charge in [0.2, 0.25) is 0 Å². The van der Waals surface area contributed by atoms with Gasteiger partial charge < -0.3 is 5.32 Å². The normalized spacial score (nSPS) is 27.3. The van der Waals surface area contributed by atoms with Gasteiger partial charge in [0.05, 0.1) is 0 Å². The summed E-state index contributed by atoms with van der Waals surface area (Å²) < 4.78 is 0. The second kappa shape index (κ2) is 5.41. The lowest BCUT2D eigenvalue weighted by Gasteiger charge is -2.39. The van der Waals surface area contributed by atoms with Crippen molar-refractivity contribution in [2.24, 2.45) is 5.41 Å². The van der Waals surface area contributed by atoms with Gasteiger partial charge >= 0.3 is 0 Å². The van der Waals surface area contributed by atoms with Crippen LogP contribution in [0.25, 0.3) is 0 Å². The Bertz CT molecular complexity index is 445. The maximum Gasteiger partial charge on any atom is 0.120 e. The van der Waals surface area contributed by atoms with Crippen LogP contribution in [0.3, 0.4) is 0 Å². The maximum absolute atomic E-state index is 10.7. The van der Waals surface area contributed by atoms with E-state index in [-0.39, 0.29) is 5.41 Å². The zero-order chi connectivity index (χ0) is 13.0. The van der Waals surface area contributed by atoms with Crippen LogP contribution in [-0.4, -0.2) is 12.0 Å². The average molecular weight is 243 g/mol. The zero-order valence-electron chi connectivity index (χ0n) is 11.2. The Hall–Kier alpha value is -1.53. The van der Waals surface area contributed by atoms with E-state index in [1.807, 2.05) is 5.94 Å². The molecule has 0 saturated heterocycles. The molecule has 2 atom stereocenters. The number of anilines is 1. The lowest BCUT2D eigenvalue weighted by atomic mass is 9.71. The van der Waals surface area contributed by atoms with Crippen molar-refractivity contribution in [1.29, 1.82) is 0 Å². The lowest BCUT2D eigenvalue weighted by Crippen LogP contribution is -2.39. The van der Waals surface area contributed by atoms with Crippen molar-refractivity contribution in [1.82, 2.24) is 0 Å². The minimum absolute atomic E-state index is 0.0646. The first-order chi connectivity index (χ1) is 8.64. The molecule has 2 nitrogen and oxygen atoms in total. The molecule has 2 rings (SSSR count). The second-order valence-corrected chi connectivity index (χ2v) is 5.58. The van der Waals surface area contributed by atoms with Gasteiger partial charge in [-0.2, -0.15) is 0 Å². The molecule has 1 N–H and O–H groups in total. The Morgan fingerprint density at radius 2 is 2.06 bits per heavy atom. The van der Waals surface area contributed by atoms with E-state index in [9.17, 15) is 4.79 Å². The first-order valence-corrected chi connectivity index (χ1v) is 6.69. The van der Waals surface area contributed by atoms with Crippen LogP contribution in [0.1, 0.15) is 38.2 Å². The molecule has 0 heterocycles. The number of nitrogens with one attached hydrogen (secondary N) is 1. The van der Waals surface area contributed by atoms with Crippen LogP contribution in [-0.2, 0) is 4.79 Å². The highest BCUT2D eigenvalue weighted by Crippen LogP contribution is 2.38. The van der Waals surface area contributed by atoms with Gasteiger partial charge in [0, 0.05) is 23.2 Å². The number of rotatable bonds is 3. The van der Waals surface area contributed by atoms with Crippen LogP contribution in [0.4, 0.5) is 5.69 Å². The first-order valence-electron chi connectivity index (χ1n) is 6.69. The molecule has 0 amide bonds. The van der Waals surface area contributed by atoms with Crippen LogP contribution in [0.15, 0.2) is 30.3 Å². The molecule has 0 spiro atoms. The van der Waals surface area contributed by atoms with E-state index in [1.165, 1.54) is 18.4 Å². The molecule has 0 bridgehead atoms. The molecular weight excluding hydrogens is 222 g/mol. The predicted molar refractivity (Wildman–Crippen MR) is 75.4 cm³/mol. The molecule has 2 heteroatoms. The van der Waals surface area contributed by atoms with Crippen molar-refractivity contribution in [3.05, 3.63) is 35.9 Å². The van der Waals surface area contributed by atoms with Gasteiger partial charge in [-0.1, -0.05) is 37.5 Å². The number of hydrogen-bond donors (Lipinski definition) is 1. The molecule has 1 aromatic rings. The number of hydrogen-bond acceptors (Lipinski definition) is 2. The smallest absolute Gasteiger partial charge is 0.120 e. The van der Waals surface area contributed by atoms with E-state index in [0.717, 1.165) is 18.5 Å². The molecule has 1 aromatic carbocycles. The molecule has 1 fully saturated rings. The molecule has 1 aliphatic rings.